The van der Waals surface area contributed by atoms with Gasteiger partial charge in [0.05, 0.1) is 0 Å². The molecule has 0 rings (SSSR count). The highest BCUT2D eigenvalue weighted by Gasteiger charge is 2.12. The molecule has 0 unspecified atom stereocenters. The maximum Gasteiger partial charge on any atom is 0.0294 e. The Balaban J connectivity index is 3.93. The maximum atomic E-state index is 5.74. The number of nitrogens with one attached hydrogen (secondary N) is 1. The van der Waals surface area contributed by atoms with Crippen LogP contribution in [-0.4, -0.2) is 6.54 Å². The Kier molecular flexibility index (Phi) is 3.26. The highest BCUT2D eigenvalue weighted by atomic mass is 14.8. The van der Waals surface area contributed by atoms with Crippen molar-refractivity contribution in [1.82, 2.24) is 5.32 Å². The lowest BCUT2D eigenvalue weighted by molar-refractivity contribution is 0.493. The predicted molar refractivity (Wildman–Crippen MR) is 45.4 cm³/mol. The molecular formula is C8H18N2. The zero-order valence-electron chi connectivity index (χ0n) is 7.36. The minimum atomic E-state index is 0.0855. The van der Waals surface area contributed by atoms with Crippen LogP contribution >= 0.6 is 0 Å². The molecule has 0 aliphatic rings. The molecule has 0 saturated carbocycles. The van der Waals surface area contributed by atoms with E-state index >= 15 is 0 Å². The van der Waals surface area contributed by atoms with Crippen LogP contribution in [0.3, 0.4) is 0 Å². The second kappa shape index (κ2) is 3.49. The summed E-state index contributed by atoms with van der Waals surface area (Å²) in [5.41, 5.74) is 6.72. The Hall–Kier alpha value is -0.660. The highest BCUT2D eigenvalue weighted by Crippen LogP contribution is 2.19. The van der Waals surface area contributed by atoms with Gasteiger partial charge in [-0.05, 0) is 6.92 Å². The van der Waals surface area contributed by atoms with Crippen LogP contribution in [0.5, 0.6) is 0 Å². The Morgan fingerprint density at radius 3 is 2.30 bits per heavy atom. The minimum Gasteiger partial charge on any atom is -0.400 e. The van der Waals surface area contributed by atoms with Gasteiger partial charge in [0, 0.05) is 23.9 Å². The molecule has 0 atom stereocenters. The van der Waals surface area contributed by atoms with E-state index in [9.17, 15) is 0 Å². The van der Waals surface area contributed by atoms with E-state index < -0.39 is 0 Å². The second-order valence-corrected chi connectivity index (χ2v) is 3.41. The molecule has 0 spiro atoms. The standard InChI is InChI=1S/C8H18N2/c1-5-10-6-7(9)8(2,3)4/h6,10H,5,9H2,1-4H3/b7-6-. The summed E-state index contributed by atoms with van der Waals surface area (Å²) in [5, 5.41) is 3.07. The number of hydrogen-bond acceptors (Lipinski definition) is 2. The topological polar surface area (TPSA) is 38.0 Å². The molecule has 3 N–H and O–H groups in total. The Labute approximate surface area is 63.5 Å². The average molecular weight is 142 g/mol. The van der Waals surface area contributed by atoms with Crippen LogP contribution in [0.25, 0.3) is 0 Å². The largest absolute Gasteiger partial charge is 0.400 e. The predicted octanol–water partition coefficient (Wildman–Crippen LogP) is 1.44. The van der Waals surface area contributed by atoms with Gasteiger partial charge in [0.25, 0.3) is 0 Å². The number of allylic oxidation sites excluding steroid dienone is 1. The average Bonchev–Trinajstić information content (AvgIpc) is 1.80. The van der Waals surface area contributed by atoms with E-state index in [2.05, 4.69) is 26.1 Å². The summed E-state index contributed by atoms with van der Waals surface area (Å²) in [6, 6.07) is 0. The molecule has 0 bridgehead atoms. The van der Waals surface area contributed by atoms with Crippen LogP contribution in [0, 0.1) is 5.41 Å². The molecule has 0 amide bonds. The fourth-order valence-electron chi connectivity index (χ4n) is 0.429. The van der Waals surface area contributed by atoms with Crippen LogP contribution in [0.15, 0.2) is 11.9 Å². The van der Waals surface area contributed by atoms with Gasteiger partial charge in [-0.3, -0.25) is 0 Å². The van der Waals surface area contributed by atoms with Crippen LogP contribution in [0.4, 0.5) is 0 Å². The van der Waals surface area contributed by atoms with Crippen molar-refractivity contribution in [2.24, 2.45) is 11.1 Å². The molecule has 2 heteroatoms. The van der Waals surface area contributed by atoms with Crippen LogP contribution in [0.2, 0.25) is 0 Å². The van der Waals surface area contributed by atoms with Gasteiger partial charge in [-0.1, -0.05) is 20.8 Å². The van der Waals surface area contributed by atoms with E-state index in [-0.39, 0.29) is 5.41 Å². The third-order valence-corrected chi connectivity index (χ3v) is 1.33. The third-order valence-electron chi connectivity index (χ3n) is 1.33. The first-order chi connectivity index (χ1) is 4.48. The summed E-state index contributed by atoms with van der Waals surface area (Å²) in [4.78, 5) is 0. The quantitative estimate of drug-likeness (QED) is 0.612. The molecule has 2 nitrogen and oxygen atoms in total. The maximum absolute atomic E-state index is 5.74. The van der Waals surface area contributed by atoms with Crippen molar-refractivity contribution in [1.29, 1.82) is 0 Å². The lowest BCUT2D eigenvalue weighted by Gasteiger charge is -2.18. The molecule has 0 aliphatic heterocycles. The van der Waals surface area contributed by atoms with Gasteiger partial charge in [0.1, 0.15) is 0 Å². The van der Waals surface area contributed by atoms with Crippen molar-refractivity contribution in [3.05, 3.63) is 11.9 Å². The van der Waals surface area contributed by atoms with Gasteiger partial charge in [-0.2, -0.15) is 0 Å². The van der Waals surface area contributed by atoms with E-state index in [1.54, 1.807) is 0 Å². The summed E-state index contributed by atoms with van der Waals surface area (Å²) < 4.78 is 0. The van der Waals surface area contributed by atoms with Crippen molar-refractivity contribution in [3.8, 4) is 0 Å². The number of hydrogen-bond donors (Lipinski definition) is 2. The number of nitrogens with two attached hydrogens (primary N) is 1. The summed E-state index contributed by atoms with van der Waals surface area (Å²) >= 11 is 0. The van der Waals surface area contributed by atoms with E-state index in [4.69, 9.17) is 5.73 Å². The zero-order valence-corrected chi connectivity index (χ0v) is 7.36. The third kappa shape index (κ3) is 3.38. The Bertz CT molecular complexity index is 120. The summed E-state index contributed by atoms with van der Waals surface area (Å²) in [6.07, 6.45) is 1.88. The molecule has 0 aromatic rings. The van der Waals surface area contributed by atoms with E-state index in [1.165, 1.54) is 0 Å². The number of rotatable bonds is 2. The van der Waals surface area contributed by atoms with E-state index in [0.717, 1.165) is 12.2 Å². The van der Waals surface area contributed by atoms with Gasteiger partial charge in [0.15, 0.2) is 0 Å². The Morgan fingerprint density at radius 1 is 1.50 bits per heavy atom. The van der Waals surface area contributed by atoms with Gasteiger partial charge in [-0.25, -0.2) is 0 Å². The molecule has 0 fully saturated rings. The summed E-state index contributed by atoms with van der Waals surface area (Å²) in [6.45, 7) is 9.26. The molecule has 0 heterocycles. The summed E-state index contributed by atoms with van der Waals surface area (Å²) in [7, 11) is 0. The van der Waals surface area contributed by atoms with Crippen molar-refractivity contribution >= 4 is 0 Å². The van der Waals surface area contributed by atoms with Gasteiger partial charge in [0.2, 0.25) is 0 Å². The van der Waals surface area contributed by atoms with Gasteiger partial charge < -0.3 is 11.1 Å². The van der Waals surface area contributed by atoms with Crippen molar-refractivity contribution in [3.63, 3.8) is 0 Å². The van der Waals surface area contributed by atoms with Gasteiger partial charge in [-0.15, -0.1) is 0 Å². The molecule has 0 radical (unpaired) electrons. The summed E-state index contributed by atoms with van der Waals surface area (Å²) in [5.74, 6) is 0. The van der Waals surface area contributed by atoms with Gasteiger partial charge >= 0.3 is 0 Å². The fraction of sp³-hybridized carbons (Fsp3) is 0.750. The Morgan fingerprint density at radius 2 is 2.00 bits per heavy atom. The monoisotopic (exact) mass is 142 g/mol. The minimum absolute atomic E-state index is 0.0855. The molecule has 0 aliphatic carbocycles. The normalized spacial score (nSPS) is 13.4. The van der Waals surface area contributed by atoms with Crippen LogP contribution in [0.1, 0.15) is 27.7 Å². The fourth-order valence-corrected chi connectivity index (χ4v) is 0.429. The van der Waals surface area contributed by atoms with Crippen LogP contribution < -0.4 is 11.1 Å². The SMILES string of the molecule is CCN/C=C(\N)C(C)(C)C. The van der Waals surface area contributed by atoms with Crippen molar-refractivity contribution < 1.29 is 0 Å². The van der Waals surface area contributed by atoms with E-state index in [0.29, 0.717) is 0 Å². The van der Waals surface area contributed by atoms with E-state index in [1.807, 2.05) is 13.1 Å². The van der Waals surface area contributed by atoms with Crippen molar-refractivity contribution in [2.45, 2.75) is 27.7 Å². The molecular weight excluding hydrogens is 124 g/mol. The highest BCUT2D eigenvalue weighted by molar-refractivity contribution is 5.04. The lowest BCUT2D eigenvalue weighted by Crippen LogP contribution is -2.20. The first-order valence-corrected chi connectivity index (χ1v) is 3.68. The second-order valence-electron chi connectivity index (χ2n) is 3.41. The first-order valence-electron chi connectivity index (χ1n) is 3.68. The lowest BCUT2D eigenvalue weighted by atomic mass is 9.93. The molecule has 10 heavy (non-hydrogen) atoms. The molecule has 0 aromatic heterocycles. The van der Waals surface area contributed by atoms with Crippen LogP contribution in [-0.2, 0) is 0 Å². The zero-order chi connectivity index (χ0) is 8.20. The molecule has 0 aromatic carbocycles. The smallest absolute Gasteiger partial charge is 0.0294 e. The molecule has 0 saturated heterocycles. The molecule has 60 valence electrons. The van der Waals surface area contributed by atoms with Crippen molar-refractivity contribution in [2.75, 3.05) is 6.54 Å². The first kappa shape index (κ1) is 9.34.